The Hall–Kier alpha value is -1.63. The molecular formula is C17H17NO4S. The van der Waals surface area contributed by atoms with Gasteiger partial charge in [0.25, 0.3) is 0 Å². The van der Waals surface area contributed by atoms with Crippen molar-refractivity contribution in [3.8, 4) is 0 Å². The summed E-state index contributed by atoms with van der Waals surface area (Å²) in [6.07, 6.45) is 5.09. The van der Waals surface area contributed by atoms with Crippen LogP contribution in [0.4, 0.5) is 5.69 Å². The van der Waals surface area contributed by atoms with E-state index in [1.807, 2.05) is 6.07 Å². The van der Waals surface area contributed by atoms with Crippen LogP contribution < -0.4 is 4.90 Å². The molecule has 0 radical (unpaired) electrons. The Morgan fingerprint density at radius 2 is 1.57 bits per heavy atom. The second-order valence-corrected chi connectivity index (χ2v) is 9.24. The minimum absolute atomic E-state index is 0.0959. The van der Waals surface area contributed by atoms with E-state index in [2.05, 4.69) is 12.2 Å². The molecule has 2 aliphatic carbocycles. The topological polar surface area (TPSA) is 77.8 Å². The maximum atomic E-state index is 12.8. The van der Waals surface area contributed by atoms with Crippen molar-refractivity contribution in [2.45, 2.75) is 17.9 Å². The molecule has 0 aromatic heterocycles. The van der Waals surface area contributed by atoms with Crippen LogP contribution in [-0.4, -0.2) is 20.9 Å². The molecule has 120 valence electrons. The molecule has 4 atom stereocenters. The number of carbonyl (C=O) groups excluding carboxylic acids is 2. The maximum Gasteiger partial charge on any atom is 0.238 e. The van der Waals surface area contributed by atoms with Crippen molar-refractivity contribution >= 4 is 28.1 Å². The predicted octanol–water partition coefficient (Wildman–Crippen LogP) is 2.76. The molecule has 0 unspecified atom stereocenters. The summed E-state index contributed by atoms with van der Waals surface area (Å²) < 4.78 is 19.7. The minimum Gasteiger partial charge on any atom is -0.299 e. The number of fused-ring (bicyclic) bond motifs is 6. The van der Waals surface area contributed by atoms with Crippen LogP contribution in [0.3, 0.4) is 0 Å². The van der Waals surface area contributed by atoms with Crippen molar-refractivity contribution in [2.75, 3.05) is 4.90 Å². The lowest BCUT2D eigenvalue weighted by Crippen LogP contribution is -2.32. The molecule has 2 fully saturated rings. The summed E-state index contributed by atoms with van der Waals surface area (Å²) in [5.74, 6) is 0.288. The van der Waals surface area contributed by atoms with E-state index in [0.717, 1.165) is 17.5 Å². The van der Waals surface area contributed by atoms with Crippen molar-refractivity contribution in [1.29, 1.82) is 0 Å². The lowest BCUT2D eigenvalue weighted by atomic mass is 9.85. The van der Waals surface area contributed by atoms with E-state index in [4.69, 9.17) is 0 Å². The first-order chi connectivity index (χ1) is 10.9. The standard InChI is InChI=1S/C17H17NO4S/c19-16-14-9-1-2-10(5-9)15(14)17(20)18(16)13-4-3-11-7-23(21,22)8-12(11)6-13/h1-4,6,9-10,14-15,21-22H,5,7-8H2/t9-,10+,14-,15+. The van der Waals surface area contributed by atoms with Gasteiger partial charge in [0, 0.05) is 0 Å². The van der Waals surface area contributed by atoms with E-state index in [1.54, 1.807) is 12.1 Å². The molecular weight excluding hydrogens is 314 g/mol. The second kappa shape index (κ2) is 4.26. The smallest absolute Gasteiger partial charge is 0.238 e. The molecule has 1 saturated heterocycles. The third kappa shape index (κ3) is 1.77. The molecule has 5 rings (SSSR count). The molecule has 1 saturated carbocycles. The molecule has 2 N–H and O–H groups in total. The highest BCUT2D eigenvalue weighted by Gasteiger charge is 2.59. The van der Waals surface area contributed by atoms with Crippen molar-refractivity contribution in [2.24, 2.45) is 23.7 Å². The highest BCUT2D eigenvalue weighted by molar-refractivity contribution is 8.23. The van der Waals surface area contributed by atoms with Crippen LogP contribution in [0.25, 0.3) is 0 Å². The van der Waals surface area contributed by atoms with Crippen molar-refractivity contribution in [3.05, 3.63) is 41.5 Å². The summed E-state index contributed by atoms with van der Waals surface area (Å²) in [6, 6.07) is 5.35. The first kappa shape index (κ1) is 13.8. The molecule has 2 aliphatic heterocycles. The normalized spacial score (nSPS) is 37.4. The molecule has 1 aromatic rings. The van der Waals surface area contributed by atoms with Gasteiger partial charge in [-0.1, -0.05) is 18.2 Å². The van der Waals surface area contributed by atoms with E-state index in [0.29, 0.717) is 5.69 Å². The highest BCUT2D eigenvalue weighted by atomic mass is 32.3. The summed E-state index contributed by atoms with van der Waals surface area (Å²) in [6.45, 7) is 0. The third-order valence-electron chi connectivity index (χ3n) is 5.69. The first-order valence-electron chi connectivity index (χ1n) is 7.86. The third-order valence-corrected chi connectivity index (χ3v) is 7.24. The fraction of sp³-hybridized carbons (Fsp3) is 0.412. The molecule has 2 bridgehead atoms. The number of allylic oxidation sites excluding steroid dienone is 2. The fourth-order valence-corrected chi connectivity index (χ4v) is 6.38. The largest absolute Gasteiger partial charge is 0.299 e. The average molecular weight is 331 g/mol. The van der Waals surface area contributed by atoms with Crippen LogP contribution in [0.5, 0.6) is 0 Å². The molecule has 2 heterocycles. The van der Waals surface area contributed by atoms with Crippen LogP contribution in [0.2, 0.25) is 0 Å². The molecule has 0 spiro atoms. The average Bonchev–Trinajstić information content (AvgIpc) is 3.20. The zero-order valence-corrected chi connectivity index (χ0v) is 13.2. The van der Waals surface area contributed by atoms with Crippen LogP contribution >= 0.6 is 10.6 Å². The molecule has 5 nitrogen and oxygen atoms in total. The number of carbonyl (C=O) groups is 2. The summed E-state index contributed by atoms with van der Waals surface area (Å²) >= 11 is 0. The van der Waals surface area contributed by atoms with Gasteiger partial charge in [-0.25, -0.2) is 0 Å². The van der Waals surface area contributed by atoms with Gasteiger partial charge in [0.05, 0.1) is 29.0 Å². The van der Waals surface area contributed by atoms with Gasteiger partial charge in [0.2, 0.25) is 11.8 Å². The number of amides is 2. The van der Waals surface area contributed by atoms with Gasteiger partial charge in [-0.2, -0.15) is 10.6 Å². The maximum absolute atomic E-state index is 12.8. The van der Waals surface area contributed by atoms with Crippen LogP contribution in [0.15, 0.2) is 30.4 Å². The molecule has 2 amide bonds. The van der Waals surface area contributed by atoms with E-state index in [9.17, 15) is 18.7 Å². The van der Waals surface area contributed by atoms with Gasteiger partial charge in [0.15, 0.2) is 0 Å². The lowest BCUT2D eigenvalue weighted by molar-refractivity contribution is -0.123. The highest BCUT2D eigenvalue weighted by Crippen LogP contribution is 2.55. The van der Waals surface area contributed by atoms with Gasteiger partial charge in [0.1, 0.15) is 0 Å². The number of hydrogen-bond acceptors (Lipinski definition) is 4. The van der Waals surface area contributed by atoms with E-state index in [-0.39, 0.29) is 47.0 Å². The van der Waals surface area contributed by atoms with Crippen molar-refractivity contribution < 1.29 is 18.7 Å². The minimum atomic E-state index is -2.59. The van der Waals surface area contributed by atoms with E-state index >= 15 is 0 Å². The predicted molar refractivity (Wildman–Crippen MR) is 86.9 cm³/mol. The Bertz CT molecular complexity index is 757. The van der Waals surface area contributed by atoms with E-state index < -0.39 is 10.6 Å². The fourth-order valence-electron chi connectivity index (χ4n) is 4.73. The summed E-state index contributed by atoms with van der Waals surface area (Å²) in [4.78, 5) is 26.9. The van der Waals surface area contributed by atoms with Gasteiger partial charge < -0.3 is 0 Å². The number of hydrogen-bond donors (Lipinski definition) is 2. The van der Waals surface area contributed by atoms with Crippen LogP contribution in [0, 0.1) is 23.7 Å². The number of nitrogens with zero attached hydrogens (tertiary/aromatic N) is 1. The quantitative estimate of drug-likeness (QED) is 0.613. The zero-order chi connectivity index (χ0) is 15.9. The Kier molecular flexibility index (Phi) is 2.55. The number of benzene rings is 1. The molecule has 23 heavy (non-hydrogen) atoms. The van der Waals surface area contributed by atoms with Gasteiger partial charge in [-0.15, -0.1) is 0 Å². The molecule has 6 heteroatoms. The summed E-state index contributed by atoms with van der Waals surface area (Å²) in [5, 5.41) is 0. The first-order valence-corrected chi connectivity index (χ1v) is 9.75. The van der Waals surface area contributed by atoms with Gasteiger partial charge >= 0.3 is 0 Å². The SMILES string of the molecule is O=C1[C@@H]2[C@H](C(=O)N1c1ccc3c(c1)CS(O)(O)C3)[C@@H]1C=C[C@H]2C1. The van der Waals surface area contributed by atoms with E-state index in [1.165, 1.54) is 4.90 Å². The monoisotopic (exact) mass is 331 g/mol. The Balaban J connectivity index is 1.52. The van der Waals surface area contributed by atoms with Crippen LogP contribution in [-0.2, 0) is 21.1 Å². The molecule has 4 aliphatic rings. The Morgan fingerprint density at radius 1 is 0.957 bits per heavy atom. The van der Waals surface area contributed by atoms with Gasteiger partial charge in [-0.3, -0.25) is 23.6 Å². The Labute approximate surface area is 135 Å². The summed E-state index contributed by atoms with van der Waals surface area (Å²) in [7, 11) is -2.59. The Morgan fingerprint density at radius 3 is 2.22 bits per heavy atom. The van der Waals surface area contributed by atoms with Gasteiger partial charge in [-0.05, 0) is 41.5 Å². The zero-order valence-electron chi connectivity index (χ0n) is 12.4. The number of rotatable bonds is 1. The summed E-state index contributed by atoms with van der Waals surface area (Å²) in [5.41, 5.74) is 2.31. The van der Waals surface area contributed by atoms with Crippen molar-refractivity contribution in [3.63, 3.8) is 0 Å². The lowest BCUT2D eigenvalue weighted by Gasteiger charge is -2.25. The van der Waals surface area contributed by atoms with Crippen LogP contribution in [0.1, 0.15) is 17.5 Å². The molecule has 1 aromatic carbocycles. The number of anilines is 1. The number of imide groups is 1. The second-order valence-electron chi connectivity index (χ2n) is 7.06. The van der Waals surface area contributed by atoms with Crippen molar-refractivity contribution in [1.82, 2.24) is 0 Å².